The van der Waals surface area contributed by atoms with Crippen molar-refractivity contribution in [2.45, 2.75) is 6.92 Å². The van der Waals surface area contributed by atoms with Gasteiger partial charge in [0.25, 0.3) is 0 Å². The van der Waals surface area contributed by atoms with E-state index in [-0.39, 0.29) is 12.6 Å². The number of nitrogens with one attached hydrogen (secondary N) is 2. The zero-order valence-corrected chi connectivity index (χ0v) is 11.5. The van der Waals surface area contributed by atoms with Crippen LogP contribution in [0.4, 0.5) is 0 Å². The van der Waals surface area contributed by atoms with Gasteiger partial charge in [0.1, 0.15) is 11.6 Å². The predicted molar refractivity (Wildman–Crippen MR) is 68.6 cm³/mol. The quantitative estimate of drug-likeness (QED) is 0.385. The van der Waals surface area contributed by atoms with Gasteiger partial charge in [-0.05, 0) is 41.1 Å². The van der Waals surface area contributed by atoms with Crippen molar-refractivity contribution >= 4 is 27.7 Å². The summed E-state index contributed by atoms with van der Waals surface area (Å²) in [5, 5.41) is 7.08. The first-order valence-electron chi connectivity index (χ1n) is 4.98. The van der Waals surface area contributed by atoms with Gasteiger partial charge in [-0.3, -0.25) is 5.41 Å². The monoisotopic (exact) mass is 316 g/mol. The molecular weight excluding hydrogens is 304 g/mol. The zero-order chi connectivity index (χ0) is 13.5. The highest BCUT2D eigenvalue weighted by Crippen LogP contribution is 2.26. The molecule has 18 heavy (non-hydrogen) atoms. The molecule has 0 aliphatic carbocycles. The number of carbonyl (C=O) groups excluding carboxylic acids is 1. The standard InChI is InChI=1S/C11H13BrN2O4/c1-7(13)14-18-11(15)8-3-4-9(12)10(5-8)17-6-16-2/h3-5H,6H2,1-2H3,(H2,13,14). The van der Waals surface area contributed by atoms with E-state index < -0.39 is 5.97 Å². The van der Waals surface area contributed by atoms with Gasteiger partial charge in [0, 0.05) is 7.11 Å². The average Bonchev–Trinajstić information content (AvgIpc) is 2.35. The molecule has 0 aliphatic rings. The van der Waals surface area contributed by atoms with E-state index in [1.807, 2.05) is 0 Å². The minimum Gasteiger partial charge on any atom is -0.466 e. The molecule has 0 saturated heterocycles. The number of carbonyl (C=O) groups is 1. The highest BCUT2D eigenvalue weighted by molar-refractivity contribution is 9.10. The summed E-state index contributed by atoms with van der Waals surface area (Å²) in [6.45, 7) is 1.54. The second kappa shape index (κ2) is 6.97. The Morgan fingerprint density at radius 1 is 1.50 bits per heavy atom. The second-order valence-corrected chi connectivity index (χ2v) is 4.17. The van der Waals surface area contributed by atoms with Crippen LogP contribution in [0.25, 0.3) is 0 Å². The van der Waals surface area contributed by atoms with Gasteiger partial charge in [-0.2, -0.15) is 0 Å². The number of benzene rings is 1. The third kappa shape index (κ3) is 4.34. The third-order valence-corrected chi connectivity index (χ3v) is 2.45. The molecule has 0 unspecified atom stereocenters. The van der Waals surface area contributed by atoms with Crippen LogP contribution in [-0.4, -0.2) is 25.7 Å². The summed E-state index contributed by atoms with van der Waals surface area (Å²) >= 11 is 3.29. The molecule has 0 saturated carbocycles. The summed E-state index contributed by atoms with van der Waals surface area (Å²) in [6.07, 6.45) is 0. The van der Waals surface area contributed by atoms with Crippen LogP contribution in [0.2, 0.25) is 0 Å². The van der Waals surface area contributed by atoms with E-state index in [0.29, 0.717) is 15.8 Å². The van der Waals surface area contributed by atoms with Crippen molar-refractivity contribution in [1.29, 1.82) is 5.41 Å². The van der Waals surface area contributed by atoms with E-state index in [0.717, 1.165) is 0 Å². The lowest BCUT2D eigenvalue weighted by atomic mass is 10.2. The summed E-state index contributed by atoms with van der Waals surface area (Å²) in [5.41, 5.74) is 2.48. The van der Waals surface area contributed by atoms with E-state index in [4.69, 9.17) is 14.9 Å². The zero-order valence-electron chi connectivity index (χ0n) is 9.95. The van der Waals surface area contributed by atoms with Crippen LogP contribution < -0.4 is 10.2 Å². The lowest BCUT2D eigenvalue weighted by Crippen LogP contribution is -2.23. The first-order valence-corrected chi connectivity index (χ1v) is 5.77. The van der Waals surface area contributed by atoms with Crippen LogP contribution in [0.1, 0.15) is 17.3 Å². The molecule has 0 amide bonds. The second-order valence-electron chi connectivity index (χ2n) is 3.31. The molecule has 0 aliphatic heterocycles. The van der Waals surface area contributed by atoms with Gasteiger partial charge < -0.3 is 14.3 Å². The Kier molecular flexibility index (Phi) is 5.60. The van der Waals surface area contributed by atoms with Gasteiger partial charge in [0.2, 0.25) is 0 Å². The molecule has 0 bridgehead atoms. The Morgan fingerprint density at radius 2 is 2.22 bits per heavy atom. The Morgan fingerprint density at radius 3 is 2.83 bits per heavy atom. The highest BCUT2D eigenvalue weighted by Gasteiger charge is 2.11. The number of rotatable bonds is 4. The topological polar surface area (TPSA) is 80.6 Å². The maximum absolute atomic E-state index is 11.6. The normalized spacial score (nSPS) is 9.72. The molecular formula is C11H13BrN2O4. The SMILES string of the molecule is COCOc1cc(C(=O)ONC(C)=N)ccc1Br. The summed E-state index contributed by atoms with van der Waals surface area (Å²) in [4.78, 5) is 16.3. The first-order chi connectivity index (χ1) is 8.54. The number of amidine groups is 1. The minimum atomic E-state index is -0.601. The van der Waals surface area contributed by atoms with Gasteiger partial charge in [-0.15, -0.1) is 0 Å². The molecule has 6 nitrogen and oxygen atoms in total. The van der Waals surface area contributed by atoms with Crippen molar-refractivity contribution in [3.05, 3.63) is 28.2 Å². The summed E-state index contributed by atoms with van der Waals surface area (Å²) in [7, 11) is 1.50. The molecule has 7 heteroatoms. The van der Waals surface area contributed by atoms with Gasteiger partial charge in [0.15, 0.2) is 6.79 Å². The fourth-order valence-corrected chi connectivity index (χ4v) is 1.41. The van der Waals surface area contributed by atoms with Crippen LogP contribution in [0.5, 0.6) is 5.75 Å². The number of hydrogen-bond donors (Lipinski definition) is 2. The van der Waals surface area contributed by atoms with Crippen LogP contribution in [0.15, 0.2) is 22.7 Å². The van der Waals surface area contributed by atoms with Gasteiger partial charge in [0.05, 0.1) is 10.0 Å². The molecule has 1 rings (SSSR count). The summed E-state index contributed by atoms with van der Waals surface area (Å²) < 4.78 is 10.7. The van der Waals surface area contributed by atoms with E-state index in [1.54, 1.807) is 12.1 Å². The molecule has 0 radical (unpaired) electrons. The molecule has 98 valence electrons. The number of ether oxygens (including phenoxy) is 2. The van der Waals surface area contributed by atoms with Crippen LogP contribution in [-0.2, 0) is 9.57 Å². The lowest BCUT2D eigenvalue weighted by molar-refractivity contribution is 0.0377. The largest absolute Gasteiger partial charge is 0.466 e. The van der Waals surface area contributed by atoms with Crippen molar-refractivity contribution in [1.82, 2.24) is 5.48 Å². The van der Waals surface area contributed by atoms with Crippen LogP contribution in [0.3, 0.4) is 0 Å². The Balaban J connectivity index is 2.77. The Bertz CT molecular complexity index is 451. The maximum Gasteiger partial charge on any atom is 0.363 e. The van der Waals surface area contributed by atoms with E-state index in [9.17, 15) is 4.79 Å². The number of halogens is 1. The summed E-state index contributed by atoms with van der Waals surface area (Å²) in [5.74, 6) is -0.0921. The summed E-state index contributed by atoms with van der Waals surface area (Å²) in [6, 6.07) is 4.76. The van der Waals surface area contributed by atoms with Crippen molar-refractivity contribution < 1.29 is 19.1 Å². The van der Waals surface area contributed by atoms with E-state index >= 15 is 0 Å². The maximum atomic E-state index is 11.6. The minimum absolute atomic E-state index is 0.0383. The molecule has 1 aromatic rings. The average molecular weight is 317 g/mol. The van der Waals surface area contributed by atoms with Crippen molar-refractivity contribution in [2.75, 3.05) is 13.9 Å². The smallest absolute Gasteiger partial charge is 0.363 e. The van der Waals surface area contributed by atoms with E-state index in [2.05, 4.69) is 26.2 Å². The molecule has 0 heterocycles. The Hall–Kier alpha value is -1.60. The number of hydroxylamine groups is 1. The Labute approximate surface area is 113 Å². The third-order valence-electron chi connectivity index (χ3n) is 1.80. The van der Waals surface area contributed by atoms with Gasteiger partial charge in [-0.1, -0.05) is 0 Å². The number of methoxy groups -OCH3 is 1. The lowest BCUT2D eigenvalue weighted by Gasteiger charge is -2.09. The van der Waals surface area contributed by atoms with Gasteiger partial charge >= 0.3 is 5.97 Å². The molecule has 2 N–H and O–H groups in total. The molecule has 0 aromatic heterocycles. The van der Waals surface area contributed by atoms with Crippen LogP contribution in [0, 0.1) is 5.41 Å². The fraction of sp³-hybridized carbons (Fsp3) is 0.273. The number of hydrogen-bond acceptors (Lipinski definition) is 5. The highest BCUT2D eigenvalue weighted by atomic mass is 79.9. The molecule has 0 spiro atoms. The molecule has 1 aromatic carbocycles. The fourth-order valence-electron chi connectivity index (χ4n) is 1.05. The molecule has 0 atom stereocenters. The molecule has 0 fully saturated rings. The van der Waals surface area contributed by atoms with Crippen molar-refractivity contribution in [3.63, 3.8) is 0 Å². The van der Waals surface area contributed by atoms with Crippen molar-refractivity contribution in [3.8, 4) is 5.75 Å². The first kappa shape index (κ1) is 14.5. The van der Waals surface area contributed by atoms with Crippen molar-refractivity contribution in [2.24, 2.45) is 0 Å². The van der Waals surface area contributed by atoms with Gasteiger partial charge in [-0.25, -0.2) is 10.3 Å². The predicted octanol–water partition coefficient (Wildman–Crippen LogP) is 2.09. The van der Waals surface area contributed by atoms with Crippen LogP contribution >= 0.6 is 15.9 Å². The van der Waals surface area contributed by atoms with E-state index in [1.165, 1.54) is 20.1 Å².